The van der Waals surface area contributed by atoms with E-state index in [0.717, 1.165) is 18.7 Å². The average Bonchev–Trinajstić information content (AvgIpc) is 2.68. The molecular weight excluding hydrogens is 168 g/mol. The summed E-state index contributed by atoms with van der Waals surface area (Å²) in [5.41, 5.74) is 2.94. The summed E-state index contributed by atoms with van der Waals surface area (Å²) < 4.78 is 6.67. The van der Waals surface area contributed by atoms with Crippen molar-refractivity contribution in [2.45, 2.75) is 13.1 Å². The van der Waals surface area contributed by atoms with Crippen LogP contribution in [0.1, 0.15) is 21.6 Å². The Kier molecular flexibility index (Phi) is 1.84. The van der Waals surface area contributed by atoms with E-state index < -0.39 is 0 Å². The van der Waals surface area contributed by atoms with Gasteiger partial charge in [0.25, 0.3) is 0 Å². The zero-order valence-electron chi connectivity index (χ0n) is 7.76. The lowest BCUT2D eigenvalue weighted by molar-refractivity contribution is 0.0599. The quantitative estimate of drug-likeness (QED) is 0.637. The number of aromatic nitrogens is 1. The number of rotatable bonds is 1. The van der Waals surface area contributed by atoms with Crippen LogP contribution in [0.4, 0.5) is 0 Å². The zero-order valence-corrected chi connectivity index (χ0v) is 7.76. The van der Waals surface area contributed by atoms with E-state index >= 15 is 0 Å². The molecule has 0 amide bonds. The van der Waals surface area contributed by atoms with Crippen LogP contribution in [0.25, 0.3) is 0 Å². The topological polar surface area (TPSA) is 43.3 Å². The van der Waals surface area contributed by atoms with E-state index in [1.54, 1.807) is 0 Å². The molecule has 1 aromatic rings. The minimum Gasteiger partial charge on any atom is -0.465 e. The number of aryl methyl sites for hydroxylation is 1. The van der Waals surface area contributed by atoms with Gasteiger partial charge in [0.1, 0.15) is 0 Å². The highest BCUT2D eigenvalue weighted by Gasteiger charge is 2.22. The Bertz CT molecular complexity index is 355. The van der Waals surface area contributed by atoms with Crippen molar-refractivity contribution in [3.8, 4) is 0 Å². The number of nitrogens with zero attached hydrogens (tertiary/aromatic N) is 1. The van der Waals surface area contributed by atoms with E-state index in [4.69, 9.17) is 4.74 Å². The van der Waals surface area contributed by atoms with Gasteiger partial charge in [0.05, 0.1) is 12.7 Å². The number of hydrogen-bond acceptors (Lipinski definition) is 3. The number of ether oxygens (including phenoxy) is 1. The lowest BCUT2D eigenvalue weighted by Gasteiger charge is -1.97. The molecule has 2 rings (SSSR count). The molecule has 0 atom stereocenters. The van der Waals surface area contributed by atoms with Crippen LogP contribution in [0, 0.1) is 0 Å². The molecule has 0 unspecified atom stereocenters. The third-order valence-electron chi connectivity index (χ3n) is 2.42. The predicted molar refractivity (Wildman–Crippen MR) is 47.3 cm³/mol. The zero-order chi connectivity index (χ0) is 9.42. The summed E-state index contributed by atoms with van der Waals surface area (Å²) in [6, 6.07) is 0. The highest BCUT2D eigenvalue weighted by molar-refractivity contribution is 5.91. The maximum absolute atomic E-state index is 11.3. The number of carbonyl (C=O) groups excluding carboxylic acids is 1. The molecule has 70 valence electrons. The molecule has 0 spiro atoms. The van der Waals surface area contributed by atoms with Crippen LogP contribution >= 0.6 is 0 Å². The summed E-state index contributed by atoms with van der Waals surface area (Å²) in [4.78, 5) is 11.3. The summed E-state index contributed by atoms with van der Waals surface area (Å²) in [6.45, 7) is 1.60. The number of nitrogens with one attached hydrogen (secondary N) is 1. The van der Waals surface area contributed by atoms with Crippen molar-refractivity contribution in [2.24, 2.45) is 7.05 Å². The number of carbonyl (C=O) groups is 1. The Morgan fingerprint density at radius 3 is 3.08 bits per heavy atom. The fraction of sp³-hybridized carbons (Fsp3) is 0.444. The molecule has 0 fully saturated rings. The van der Waals surface area contributed by atoms with Crippen LogP contribution in [0.15, 0.2) is 6.20 Å². The number of fused-ring (bicyclic) bond motifs is 1. The molecule has 0 radical (unpaired) electrons. The number of hydrogen-bond donors (Lipinski definition) is 1. The molecule has 0 saturated carbocycles. The second-order valence-electron chi connectivity index (χ2n) is 3.17. The molecule has 0 aromatic carbocycles. The second-order valence-corrected chi connectivity index (χ2v) is 3.17. The maximum Gasteiger partial charge on any atom is 0.339 e. The highest BCUT2D eigenvalue weighted by atomic mass is 16.5. The molecule has 0 aliphatic carbocycles. The van der Waals surface area contributed by atoms with Gasteiger partial charge in [-0.25, -0.2) is 4.79 Å². The van der Waals surface area contributed by atoms with Crippen LogP contribution in [0.2, 0.25) is 0 Å². The summed E-state index contributed by atoms with van der Waals surface area (Å²) in [7, 11) is 3.35. The lowest BCUT2D eigenvalue weighted by Crippen LogP contribution is -2.07. The Morgan fingerprint density at radius 2 is 2.38 bits per heavy atom. The predicted octanol–water partition coefficient (Wildman–Crippen LogP) is 0.415. The van der Waals surface area contributed by atoms with Crippen molar-refractivity contribution in [3.63, 3.8) is 0 Å². The van der Waals surface area contributed by atoms with Gasteiger partial charge in [0, 0.05) is 37.6 Å². The SMILES string of the molecule is COC(=O)c1cn(C)c2c1CNC2. The van der Waals surface area contributed by atoms with E-state index in [9.17, 15) is 4.79 Å². The summed E-state index contributed by atoms with van der Waals surface area (Å²) in [5, 5.41) is 3.20. The normalized spacial score (nSPS) is 14.3. The van der Waals surface area contributed by atoms with Crippen molar-refractivity contribution in [3.05, 3.63) is 23.0 Å². The molecular formula is C9H12N2O2. The van der Waals surface area contributed by atoms with E-state index in [2.05, 4.69) is 5.32 Å². The lowest BCUT2D eigenvalue weighted by atomic mass is 10.2. The van der Waals surface area contributed by atoms with Gasteiger partial charge in [-0.2, -0.15) is 0 Å². The minimum atomic E-state index is -0.249. The van der Waals surface area contributed by atoms with Gasteiger partial charge in [-0.05, 0) is 0 Å². The Labute approximate surface area is 76.5 Å². The van der Waals surface area contributed by atoms with Crippen molar-refractivity contribution in [1.29, 1.82) is 0 Å². The van der Waals surface area contributed by atoms with E-state index in [0.29, 0.717) is 5.56 Å². The summed E-state index contributed by atoms with van der Waals surface area (Å²) in [6.07, 6.45) is 1.83. The highest BCUT2D eigenvalue weighted by Crippen LogP contribution is 2.21. The molecule has 13 heavy (non-hydrogen) atoms. The van der Waals surface area contributed by atoms with Crippen LogP contribution < -0.4 is 5.32 Å². The molecule has 0 saturated heterocycles. The van der Waals surface area contributed by atoms with Crippen molar-refractivity contribution in [2.75, 3.05) is 7.11 Å². The van der Waals surface area contributed by atoms with Crippen LogP contribution in [0.5, 0.6) is 0 Å². The molecule has 1 N–H and O–H groups in total. The molecule has 4 nitrogen and oxygen atoms in total. The van der Waals surface area contributed by atoms with Gasteiger partial charge in [0.2, 0.25) is 0 Å². The van der Waals surface area contributed by atoms with Gasteiger partial charge < -0.3 is 14.6 Å². The second kappa shape index (κ2) is 2.88. The maximum atomic E-state index is 11.3. The first kappa shape index (κ1) is 8.31. The van der Waals surface area contributed by atoms with E-state index in [1.807, 2.05) is 17.8 Å². The first-order valence-corrected chi connectivity index (χ1v) is 4.20. The van der Waals surface area contributed by atoms with Crippen molar-refractivity contribution >= 4 is 5.97 Å². The number of methoxy groups -OCH3 is 1. The molecule has 1 aromatic heterocycles. The van der Waals surface area contributed by atoms with Crippen LogP contribution in [-0.4, -0.2) is 17.6 Å². The van der Waals surface area contributed by atoms with E-state index in [-0.39, 0.29) is 5.97 Å². The molecule has 4 heteroatoms. The van der Waals surface area contributed by atoms with Gasteiger partial charge in [-0.3, -0.25) is 0 Å². The Balaban J connectivity index is 2.48. The van der Waals surface area contributed by atoms with Crippen molar-refractivity contribution in [1.82, 2.24) is 9.88 Å². The summed E-state index contributed by atoms with van der Waals surface area (Å²) in [5.74, 6) is -0.249. The number of esters is 1. The first-order valence-electron chi connectivity index (χ1n) is 4.20. The van der Waals surface area contributed by atoms with Crippen molar-refractivity contribution < 1.29 is 9.53 Å². The molecule has 1 aliphatic rings. The Hall–Kier alpha value is -1.29. The van der Waals surface area contributed by atoms with Crippen LogP contribution in [-0.2, 0) is 24.9 Å². The Morgan fingerprint density at radius 1 is 1.62 bits per heavy atom. The van der Waals surface area contributed by atoms with Gasteiger partial charge >= 0.3 is 5.97 Å². The molecule has 1 aliphatic heterocycles. The fourth-order valence-electron chi connectivity index (χ4n) is 1.74. The standard InChI is InChI=1S/C9H12N2O2/c1-11-5-7(9(12)13-2)6-3-10-4-8(6)11/h5,10H,3-4H2,1-2H3. The third-order valence-corrected chi connectivity index (χ3v) is 2.42. The van der Waals surface area contributed by atoms with Gasteiger partial charge in [-0.15, -0.1) is 0 Å². The van der Waals surface area contributed by atoms with Crippen LogP contribution in [0.3, 0.4) is 0 Å². The van der Waals surface area contributed by atoms with E-state index in [1.165, 1.54) is 12.8 Å². The smallest absolute Gasteiger partial charge is 0.339 e. The monoisotopic (exact) mass is 180 g/mol. The van der Waals surface area contributed by atoms with Gasteiger partial charge in [-0.1, -0.05) is 0 Å². The molecule has 2 heterocycles. The minimum absolute atomic E-state index is 0.249. The van der Waals surface area contributed by atoms with Gasteiger partial charge in [0.15, 0.2) is 0 Å². The third kappa shape index (κ3) is 1.14. The average molecular weight is 180 g/mol. The molecule has 0 bridgehead atoms. The largest absolute Gasteiger partial charge is 0.465 e. The fourth-order valence-corrected chi connectivity index (χ4v) is 1.74. The summed E-state index contributed by atoms with van der Waals surface area (Å²) >= 11 is 0. The first-order chi connectivity index (χ1) is 6.24.